The van der Waals surface area contributed by atoms with E-state index in [-0.39, 0.29) is 71.5 Å². The number of Topliss-reactive ketones (excluding diaryl/α,β-unsaturated/α-hetero) is 2. The molecule has 3 rings (SSSR count). The van der Waals surface area contributed by atoms with Gasteiger partial charge in [-0.15, -0.1) is 0 Å². The van der Waals surface area contributed by atoms with Crippen molar-refractivity contribution in [3.8, 4) is 0 Å². The van der Waals surface area contributed by atoms with Gasteiger partial charge in [0.1, 0.15) is 6.10 Å². The average molecular weight is 877 g/mol. The van der Waals surface area contributed by atoms with E-state index in [1.807, 2.05) is 83.9 Å². The van der Waals surface area contributed by atoms with Gasteiger partial charge >= 0.3 is 5.97 Å². The molecule has 0 bridgehead atoms. The quantitative estimate of drug-likeness (QED) is 0.0860. The first-order valence-electron chi connectivity index (χ1n) is 22.7. The van der Waals surface area contributed by atoms with Crippen LogP contribution in [0.4, 0.5) is 0 Å². The number of carbonyl (C=O) groups excluding carboxylic acids is 6. The van der Waals surface area contributed by atoms with Gasteiger partial charge in [0.15, 0.2) is 11.6 Å². The standard InChI is InChI=1S/C50H76N4O9/c1-15-32(6)45(53(12)49(59)39(30(2)3)28-41(56)44(31(4)5)52(10)11)42(61-13)29-43(57)54-27-19-22-40(54)46(62-14)33(7)48(58)51-34(8)47(37-20-17-16-18-21-37)63-50(60)38-25-23-36(24-26-38)35(9)55/h16-18,20-21,23-26,30-34,39-40,42,44-47H,15,19,22,27-29H2,1-14H3,(H,51,58)/t32-,33+,34+,39-,40-,42+,44-,45-,46+,47?/m0/s1. The van der Waals surface area contributed by atoms with Crippen LogP contribution in [0.3, 0.4) is 0 Å². The number of rotatable bonds is 24. The summed E-state index contributed by atoms with van der Waals surface area (Å²) in [4.78, 5) is 87.1. The van der Waals surface area contributed by atoms with Crippen molar-refractivity contribution in [1.29, 1.82) is 0 Å². The number of esters is 1. The van der Waals surface area contributed by atoms with Crippen LogP contribution < -0.4 is 5.32 Å². The molecule has 350 valence electrons. The number of benzene rings is 2. The summed E-state index contributed by atoms with van der Waals surface area (Å²) >= 11 is 0. The van der Waals surface area contributed by atoms with E-state index < -0.39 is 54.2 Å². The van der Waals surface area contributed by atoms with E-state index in [0.29, 0.717) is 24.1 Å². The molecule has 1 N–H and O–H groups in total. The topological polar surface area (TPSA) is 152 Å². The molecule has 1 aliphatic rings. The van der Waals surface area contributed by atoms with Crippen molar-refractivity contribution < 1.29 is 43.0 Å². The summed E-state index contributed by atoms with van der Waals surface area (Å²) in [5.41, 5.74) is 1.44. The third-order valence-electron chi connectivity index (χ3n) is 13.0. The number of methoxy groups -OCH3 is 2. The smallest absolute Gasteiger partial charge is 0.338 e. The van der Waals surface area contributed by atoms with E-state index in [1.54, 1.807) is 69.2 Å². The van der Waals surface area contributed by atoms with Crippen LogP contribution in [-0.4, -0.2) is 128 Å². The molecule has 1 unspecified atom stereocenters. The minimum atomic E-state index is -0.839. The Balaban J connectivity index is 1.80. The molecule has 2 aromatic rings. The van der Waals surface area contributed by atoms with Gasteiger partial charge in [-0.3, -0.25) is 28.9 Å². The third-order valence-corrected chi connectivity index (χ3v) is 13.0. The highest BCUT2D eigenvalue weighted by Crippen LogP contribution is 2.32. The Morgan fingerprint density at radius 2 is 1.41 bits per heavy atom. The van der Waals surface area contributed by atoms with Gasteiger partial charge in [0.05, 0.1) is 54.3 Å². The van der Waals surface area contributed by atoms with E-state index in [1.165, 1.54) is 6.92 Å². The minimum Gasteiger partial charge on any atom is -0.452 e. The fraction of sp³-hybridized carbons (Fsp3) is 0.640. The molecule has 1 saturated heterocycles. The van der Waals surface area contributed by atoms with Crippen molar-refractivity contribution in [2.24, 2.45) is 29.6 Å². The number of likely N-dealkylation sites (N-methyl/N-ethyl adjacent to an activating group) is 2. The van der Waals surface area contributed by atoms with Gasteiger partial charge < -0.3 is 29.3 Å². The Hall–Kier alpha value is -4.46. The lowest BCUT2D eigenvalue weighted by atomic mass is 9.83. The Kier molecular flexibility index (Phi) is 20.6. The summed E-state index contributed by atoms with van der Waals surface area (Å²) in [5, 5.41) is 3.06. The summed E-state index contributed by atoms with van der Waals surface area (Å²) in [6, 6.07) is 13.6. The number of nitrogens with one attached hydrogen (secondary N) is 1. The van der Waals surface area contributed by atoms with E-state index in [9.17, 15) is 28.8 Å². The lowest BCUT2D eigenvalue weighted by Crippen LogP contribution is -2.54. The summed E-state index contributed by atoms with van der Waals surface area (Å²) in [6.07, 6.45) is 0.0915. The number of nitrogens with zero attached hydrogens (tertiary/aromatic N) is 3. The zero-order valence-corrected chi connectivity index (χ0v) is 40.4. The number of amides is 3. The Morgan fingerprint density at radius 1 is 0.810 bits per heavy atom. The molecule has 10 atom stereocenters. The van der Waals surface area contributed by atoms with Crippen LogP contribution in [0, 0.1) is 29.6 Å². The zero-order valence-electron chi connectivity index (χ0n) is 40.4. The average Bonchev–Trinajstić information content (AvgIpc) is 3.73. The molecule has 63 heavy (non-hydrogen) atoms. The first-order valence-corrected chi connectivity index (χ1v) is 22.7. The van der Waals surface area contributed by atoms with Crippen molar-refractivity contribution in [3.05, 3.63) is 71.3 Å². The van der Waals surface area contributed by atoms with E-state index in [0.717, 1.165) is 12.8 Å². The molecule has 0 radical (unpaired) electrons. The summed E-state index contributed by atoms with van der Waals surface area (Å²) in [7, 11) is 8.65. The number of likely N-dealkylation sites (tertiary alicyclic amines) is 1. The fourth-order valence-electron chi connectivity index (χ4n) is 9.33. The number of hydrogen-bond donors (Lipinski definition) is 1. The molecule has 1 aliphatic heterocycles. The molecule has 1 heterocycles. The Labute approximate surface area is 376 Å². The molecule has 2 aromatic carbocycles. The third kappa shape index (κ3) is 13.8. The Bertz CT molecular complexity index is 1810. The van der Waals surface area contributed by atoms with Gasteiger partial charge in [0.2, 0.25) is 17.7 Å². The first-order chi connectivity index (χ1) is 29.7. The van der Waals surface area contributed by atoms with E-state index in [2.05, 4.69) is 12.2 Å². The molecular weight excluding hydrogens is 801 g/mol. The molecule has 3 amide bonds. The second-order valence-electron chi connectivity index (χ2n) is 18.4. The van der Waals surface area contributed by atoms with Crippen LogP contribution in [0.15, 0.2) is 54.6 Å². The maximum atomic E-state index is 14.4. The normalized spacial score (nSPS) is 18.5. The molecule has 0 aliphatic carbocycles. The van der Waals surface area contributed by atoms with Crippen molar-refractivity contribution in [2.75, 3.05) is 41.9 Å². The molecule has 13 nitrogen and oxygen atoms in total. The summed E-state index contributed by atoms with van der Waals surface area (Å²) < 4.78 is 18.1. The summed E-state index contributed by atoms with van der Waals surface area (Å²) in [6.45, 7) is 17.5. The summed E-state index contributed by atoms with van der Waals surface area (Å²) in [5.74, 6) is -2.56. The van der Waals surface area contributed by atoms with Gasteiger partial charge in [-0.2, -0.15) is 0 Å². The van der Waals surface area contributed by atoms with Crippen LogP contribution in [0.2, 0.25) is 0 Å². The van der Waals surface area contributed by atoms with Gasteiger partial charge in [0.25, 0.3) is 0 Å². The maximum absolute atomic E-state index is 14.4. The second kappa shape index (κ2) is 24.6. The lowest BCUT2D eigenvalue weighted by molar-refractivity contribution is -0.149. The molecule has 0 saturated carbocycles. The SMILES string of the molecule is CC[C@H](C)[C@@H]([C@@H](CC(=O)N1CCC[C@H]1[C@H](OC)[C@@H](C)C(=O)N[C@H](C)C(OC(=O)c1ccc(C(C)=O)cc1)c1ccccc1)OC)N(C)C(=O)[C@@H](CC(=O)[C@H](C(C)C)N(C)C)C(C)C. The number of ketones is 2. The predicted molar refractivity (Wildman–Crippen MR) is 245 cm³/mol. The minimum absolute atomic E-state index is 0.0105. The first kappa shape index (κ1) is 52.9. The van der Waals surface area contributed by atoms with Crippen molar-refractivity contribution in [2.45, 2.75) is 137 Å². The highest BCUT2D eigenvalue weighted by atomic mass is 16.5. The highest BCUT2D eigenvalue weighted by molar-refractivity contribution is 5.96. The number of hydrogen-bond acceptors (Lipinski definition) is 10. The monoisotopic (exact) mass is 877 g/mol. The molecule has 0 aromatic heterocycles. The van der Waals surface area contributed by atoms with E-state index >= 15 is 0 Å². The lowest BCUT2D eigenvalue weighted by Gasteiger charge is -2.41. The van der Waals surface area contributed by atoms with Crippen LogP contribution >= 0.6 is 0 Å². The van der Waals surface area contributed by atoms with E-state index in [4.69, 9.17) is 14.2 Å². The van der Waals surface area contributed by atoms with Gasteiger partial charge in [-0.1, -0.05) is 97.4 Å². The van der Waals surface area contributed by atoms with Crippen LogP contribution in [-0.2, 0) is 33.4 Å². The van der Waals surface area contributed by atoms with Crippen molar-refractivity contribution >= 4 is 35.3 Å². The zero-order chi connectivity index (χ0) is 47.3. The number of ether oxygens (including phenoxy) is 3. The van der Waals surface area contributed by atoms with Crippen LogP contribution in [0.5, 0.6) is 0 Å². The fourth-order valence-corrected chi connectivity index (χ4v) is 9.33. The molecule has 1 fully saturated rings. The van der Waals surface area contributed by atoms with Crippen molar-refractivity contribution in [3.63, 3.8) is 0 Å². The maximum Gasteiger partial charge on any atom is 0.338 e. The van der Waals surface area contributed by atoms with Crippen molar-refractivity contribution in [1.82, 2.24) is 20.0 Å². The van der Waals surface area contributed by atoms with Gasteiger partial charge in [-0.05, 0) is 76.2 Å². The molecular formula is C50H76N4O9. The number of carbonyl (C=O) groups is 6. The van der Waals surface area contributed by atoms with Crippen LogP contribution in [0.1, 0.15) is 127 Å². The van der Waals surface area contributed by atoms with Crippen LogP contribution in [0.25, 0.3) is 0 Å². The highest BCUT2D eigenvalue weighted by Gasteiger charge is 2.43. The molecule has 0 spiro atoms. The van der Waals surface area contributed by atoms with Gasteiger partial charge in [0, 0.05) is 45.7 Å². The van der Waals surface area contributed by atoms with Gasteiger partial charge in [-0.25, -0.2) is 4.79 Å². The Morgan fingerprint density at radius 3 is 1.92 bits per heavy atom. The second-order valence-corrected chi connectivity index (χ2v) is 18.4. The molecule has 13 heteroatoms. The predicted octanol–water partition coefficient (Wildman–Crippen LogP) is 7.03. The largest absolute Gasteiger partial charge is 0.452 e.